The van der Waals surface area contributed by atoms with Crippen molar-refractivity contribution >= 4 is 5.78 Å². The zero-order valence-corrected chi connectivity index (χ0v) is 13.5. The van der Waals surface area contributed by atoms with Gasteiger partial charge in [-0.2, -0.15) is 0 Å². The third-order valence-corrected chi connectivity index (χ3v) is 6.69. The van der Waals surface area contributed by atoms with Crippen molar-refractivity contribution in [1.82, 2.24) is 0 Å². The first-order chi connectivity index (χ1) is 9.69. The van der Waals surface area contributed by atoms with Crippen LogP contribution in [0.15, 0.2) is 11.6 Å². The Bertz CT molecular complexity index is 569. The van der Waals surface area contributed by atoms with Crippen LogP contribution in [0.5, 0.6) is 0 Å². The van der Waals surface area contributed by atoms with Gasteiger partial charge in [-0.05, 0) is 27.2 Å². The minimum absolute atomic E-state index is 0.0625. The summed E-state index contributed by atoms with van der Waals surface area (Å²) in [5.74, 6) is -0.958. The van der Waals surface area contributed by atoms with Crippen LogP contribution < -0.4 is 0 Å². The Hall–Kier alpha value is -0.710. The molecule has 2 heterocycles. The van der Waals surface area contributed by atoms with E-state index in [1.807, 2.05) is 6.92 Å². The Morgan fingerprint density at radius 3 is 2.71 bits per heavy atom. The number of carbonyl (C=O) groups excluding carboxylic acids is 1. The topological polar surface area (TPSA) is 44.8 Å². The Morgan fingerprint density at radius 2 is 2.05 bits per heavy atom. The first-order valence-electron chi connectivity index (χ1n) is 7.84. The molecule has 2 aliphatic heterocycles. The van der Waals surface area contributed by atoms with E-state index in [2.05, 4.69) is 26.8 Å². The molecule has 0 N–H and O–H groups in total. The van der Waals surface area contributed by atoms with Crippen LogP contribution >= 0.6 is 0 Å². The van der Waals surface area contributed by atoms with Gasteiger partial charge in [-0.3, -0.25) is 4.79 Å². The van der Waals surface area contributed by atoms with Crippen molar-refractivity contribution in [2.75, 3.05) is 7.11 Å². The maximum atomic E-state index is 13.0. The number of methoxy groups -OCH3 is 1. The highest BCUT2D eigenvalue weighted by molar-refractivity contribution is 5.90. The van der Waals surface area contributed by atoms with Crippen LogP contribution in [0.2, 0.25) is 0 Å². The Labute approximate surface area is 125 Å². The maximum absolute atomic E-state index is 13.0. The van der Waals surface area contributed by atoms with E-state index in [0.717, 1.165) is 12.0 Å². The lowest BCUT2D eigenvalue weighted by Crippen LogP contribution is -2.61. The van der Waals surface area contributed by atoms with E-state index in [1.54, 1.807) is 7.11 Å². The van der Waals surface area contributed by atoms with Gasteiger partial charge in [0.2, 0.25) is 0 Å². The first kappa shape index (κ1) is 13.9. The predicted octanol–water partition coefficient (Wildman–Crippen LogP) is 2.82. The fraction of sp³-hybridized carbons (Fsp3) is 0.824. The van der Waals surface area contributed by atoms with Crippen molar-refractivity contribution in [3.63, 3.8) is 0 Å². The molecule has 3 fully saturated rings. The van der Waals surface area contributed by atoms with E-state index in [1.165, 1.54) is 0 Å². The zero-order chi connectivity index (χ0) is 15.3. The van der Waals surface area contributed by atoms with Gasteiger partial charge in [-0.25, -0.2) is 0 Å². The van der Waals surface area contributed by atoms with Gasteiger partial charge >= 0.3 is 0 Å². The average molecular weight is 292 g/mol. The van der Waals surface area contributed by atoms with Gasteiger partial charge in [0.1, 0.15) is 5.78 Å². The molecule has 0 amide bonds. The molecule has 0 aromatic rings. The molecule has 4 aliphatic rings. The summed E-state index contributed by atoms with van der Waals surface area (Å²) in [5, 5.41) is 0. The summed E-state index contributed by atoms with van der Waals surface area (Å²) in [7, 11) is 1.67. The molecule has 0 aromatic carbocycles. The third-order valence-electron chi connectivity index (χ3n) is 6.69. The number of fused-ring (bicyclic) bond motifs is 1. The minimum atomic E-state index is -0.695. The minimum Gasteiger partial charge on any atom is -0.353 e. The van der Waals surface area contributed by atoms with Gasteiger partial charge in [-0.1, -0.05) is 18.6 Å². The number of Topliss-reactive ketones (excluding diaryl/α,β-unsaturated/α-hetero) is 1. The highest BCUT2D eigenvalue weighted by atomic mass is 16.8. The van der Waals surface area contributed by atoms with Crippen LogP contribution in [0.4, 0.5) is 0 Å². The summed E-state index contributed by atoms with van der Waals surface area (Å²) >= 11 is 0. The van der Waals surface area contributed by atoms with Gasteiger partial charge in [0.25, 0.3) is 0 Å². The van der Waals surface area contributed by atoms with Crippen LogP contribution in [0.3, 0.4) is 0 Å². The number of allylic oxidation sites excluding steroid dienone is 1. The van der Waals surface area contributed by atoms with Crippen molar-refractivity contribution in [2.24, 2.45) is 16.7 Å². The van der Waals surface area contributed by atoms with Gasteiger partial charge in [-0.15, -0.1) is 0 Å². The van der Waals surface area contributed by atoms with Gasteiger partial charge in [0.05, 0.1) is 11.5 Å². The molecule has 0 aromatic heterocycles. The third kappa shape index (κ3) is 1.35. The predicted molar refractivity (Wildman–Crippen MR) is 76.4 cm³/mol. The lowest BCUT2D eigenvalue weighted by molar-refractivity contribution is -0.336. The van der Waals surface area contributed by atoms with E-state index in [4.69, 9.17) is 14.2 Å². The second-order valence-corrected chi connectivity index (χ2v) is 7.94. The average Bonchev–Trinajstić information content (AvgIpc) is 2.83. The SMILES string of the molecule is COC1(C)C[C@]2(C)CC(=O)[C@@]3(C)C(C)=C[C@@H]4C[C@H]3[C@]2(O4)O1. The Morgan fingerprint density at radius 1 is 1.33 bits per heavy atom. The second-order valence-electron chi connectivity index (χ2n) is 7.94. The summed E-state index contributed by atoms with van der Waals surface area (Å²) in [6, 6.07) is 0. The highest BCUT2D eigenvalue weighted by Crippen LogP contribution is 2.70. The van der Waals surface area contributed by atoms with Crippen LogP contribution in [-0.4, -0.2) is 30.6 Å². The molecule has 0 radical (unpaired) electrons. The van der Waals surface area contributed by atoms with Crippen LogP contribution in [0.1, 0.15) is 47.0 Å². The molecule has 1 saturated carbocycles. The number of rotatable bonds is 1. The summed E-state index contributed by atoms with van der Waals surface area (Å²) in [6.45, 7) is 8.22. The highest BCUT2D eigenvalue weighted by Gasteiger charge is 2.77. The fourth-order valence-corrected chi connectivity index (χ4v) is 5.41. The molecule has 2 aliphatic carbocycles. The molecule has 1 spiro atoms. The van der Waals surface area contributed by atoms with Crippen LogP contribution in [0.25, 0.3) is 0 Å². The number of carbonyl (C=O) groups is 1. The van der Waals surface area contributed by atoms with E-state index >= 15 is 0 Å². The van der Waals surface area contributed by atoms with Gasteiger partial charge in [0, 0.05) is 31.3 Å². The number of hydrogen-bond acceptors (Lipinski definition) is 4. The molecule has 2 saturated heterocycles. The maximum Gasteiger partial charge on any atom is 0.182 e. The summed E-state index contributed by atoms with van der Waals surface area (Å²) in [5.41, 5.74) is 0.375. The largest absolute Gasteiger partial charge is 0.353 e. The molecule has 4 nitrogen and oxygen atoms in total. The Balaban J connectivity index is 1.91. The summed E-state index contributed by atoms with van der Waals surface area (Å²) < 4.78 is 18.5. The molecule has 2 bridgehead atoms. The quantitative estimate of drug-likeness (QED) is 0.697. The monoisotopic (exact) mass is 292 g/mol. The van der Waals surface area contributed by atoms with Crippen LogP contribution in [0, 0.1) is 16.7 Å². The van der Waals surface area contributed by atoms with E-state index in [9.17, 15) is 4.79 Å². The van der Waals surface area contributed by atoms with Gasteiger partial charge < -0.3 is 14.2 Å². The molecular formula is C17H24O4. The molecule has 21 heavy (non-hydrogen) atoms. The first-order valence-corrected chi connectivity index (χ1v) is 7.84. The van der Waals surface area contributed by atoms with E-state index < -0.39 is 17.0 Å². The lowest BCUT2D eigenvalue weighted by Gasteiger charge is -2.53. The van der Waals surface area contributed by atoms with Crippen LogP contribution in [-0.2, 0) is 19.0 Å². The molecule has 4 rings (SSSR count). The zero-order valence-electron chi connectivity index (χ0n) is 13.5. The number of ketones is 1. The Kier molecular flexibility index (Phi) is 2.39. The standard InChI is InChI=1S/C17H24O4/c1-10-6-11-7-12-16(10,4)13(18)8-14(2)9-15(3,19-5)21-17(12,14)20-11/h6,11-12H,7-9H2,1-5H3/t11-,12-,14+,15?,16+,17+/m1/s1. The van der Waals surface area contributed by atoms with Crippen molar-refractivity contribution in [3.8, 4) is 0 Å². The summed E-state index contributed by atoms with van der Waals surface area (Å²) in [6.07, 6.45) is 4.25. The molecule has 6 atom stereocenters. The van der Waals surface area contributed by atoms with Crippen molar-refractivity contribution in [2.45, 2.75) is 64.6 Å². The number of ether oxygens (including phenoxy) is 3. The van der Waals surface area contributed by atoms with Crippen molar-refractivity contribution in [3.05, 3.63) is 11.6 Å². The fourth-order valence-electron chi connectivity index (χ4n) is 5.41. The summed E-state index contributed by atoms with van der Waals surface area (Å²) in [4.78, 5) is 13.0. The smallest absolute Gasteiger partial charge is 0.182 e. The molecule has 116 valence electrons. The van der Waals surface area contributed by atoms with E-state index in [0.29, 0.717) is 18.6 Å². The van der Waals surface area contributed by atoms with Gasteiger partial charge in [0.15, 0.2) is 11.6 Å². The molecular weight excluding hydrogens is 268 g/mol. The van der Waals surface area contributed by atoms with Crippen molar-refractivity contribution < 1.29 is 19.0 Å². The normalized spacial score (nSPS) is 58.1. The number of hydrogen-bond donors (Lipinski definition) is 0. The van der Waals surface area contributed by atoms with Crippen molar-refractivity contribution in [1.29, 1.82) is 0 Å². The second kappa shape index (κ2) is 3.61. The molecule has 4 heteroatoms. The molecule has 1 unspecified atom stereocenters. The lowest BCUT2D eigenvalue weighted by atomic mass is 9.51. The van der Waals surface area contributed by atoms with E-state index in [-0.39, 0.29) is 17.4 Å².